The molecule has 0 saturated heterocycles. The molecule has 0 aliphatic carbocycles. The first-order valence-corrected chi connectivity index (χ1v) is 5.93. The molecule has 0 unspecified atom stereocenters. The van der Waals surface area contributed by atoms with Gasteiger partial charge in [-0.3, -0.25) is 4.79 Å². The Morgan fingerprint density at radius 3 is 2.59 bits per heavy atom. The molecule has 0 radical (unpaired) electrons. The number of thioether (sulfide) groups is 1. The fourth-order valence-corrected chi connectivity index (χ4v) is 1.38. The second-order valence-electron chi connectivity index (χ2n) is 2.98. The number of aromatic nitrogens is 1. The lowest BCUT2D eigenvalue weighted by molar-refractivity contribution is -0.116. The van der Waals surface area contributed by atoms with E-state index in [9.17, 15) is 4.79 Å². The van der Waals surface area contributed by atoms with Gasteiger partial charge in [0.05, 0.1) is 0 Å². The van der Waals surface area contributed by atoms with Gasteiger partial charge in [0.25, 0.3) is 0 Å². The molecule has 2 N–H and O–H groups in total. The minimum atomic E-state index is -0.0197. The van der Waals surface area contributed by atoms with Crippen molar-refractivity contribution in [1.82, 2.24) is 10.3 Å². The molecule has 0 spiro atoms. The van der Waals surface area contributed by atoms with E-state index in [0.29, 0.717) is 18.8 Å². The molecular weight excluding hydrogens is 281 g/mol. The summed E-state index contributed by atoms with van der Waals surface area (Å²) in [6.07, 6.45) is 4.20. The Balaban J connectivity index is 0. The highest BCUT2D eigenvalue weighted by molar-refractivity contribution is 7.98. The van der Waals surface area contributed by atoms with Crippen LogP contribution in [0.5, 0.6) is 0 Å². The summed E-state index contributed by atoms with van der Waals surface area (Å²) in [6.45, 7) is 0.675. The van der Waals surface area contributed by atoms with Crippen LogP contribution in [0.25, 0.3) is 0 Å². The van der Waals surface area contributed by atoms with E-state index in [-0.39, 0.29) is 30.7 Å². The SMILES string of the molecule is CNCCC(=O)Nc1ccc(SC)cn1.Cl.Cl. The Morgan fingerprint density at radius 1 is 1.41 bits per heavy atom. The molecule has 17 heavy (non-hydrogen) atoms. The molecule has 0 atom stereocenters. The normalized spacial score (nSPS) is 8.82. The lowest BCUT2D eigenvalue weighted by atomic mass is 10.4. The van der Waals surface area contributed by atoms with Crippen LogP contribution in [0.3, 0.4) is 0 Å². The monoisotopic (exact) mass is 297 g/mol. The average molecular weight is 298 g/mol. The standard InChI is InChI=1S/C10H15N3OS.2ClH/c1-11-6-5-10(14)13-9-4-3-8(15-2)7-12-9;;/h3-4,7,11H,5-6H2,1-2H3,(H,12,13,14);2*1H. The molecule has 1 amide bonds. The largest absolute Gasteiger partial charge is 0.319 e. The number of hydrogen-bond donors (Lipinski definition) is 2. The summed E-state index contributed by atoms with van der Waals surface area (Å²) in [5.74, 6) is 0.586. The number of rotatable bonds is 5. The van der Waals surface area contributed by atoms with E-state index < -0.39 is 0 Å². The molecule has 0 aromatic carbocycles. The van der Waals surface area contributed by atoms with Crippen LogP contribution >= 0.6 is 36.6 Å². The fourth-order valence-electron chi connectivity index (χ4n) is 1.02. The van der Waals surface area contributed by atoms with Gasteiger partial charge in [0.2, 0.25) is 5.91 Å². The molecular formula is C10H17Cl2N3OS. The van der Waals surface area contributed by atoms with Crippen molar-refractivity contribution in [3.05, 3.63) is 18.3 Å². The van der Waals surface area contributed by atoms with Gasteiger partial charge in [0.15, 0.2) is 0 Å². The third kappa shape index (κ3) is 7.44. The Kier molecular flexibility index (Phi) is 11.8. The van der Waals surface area contributed by atoms with Crippen molar-refractivity contribution in [2.75, 3.05) is 25.2 Å². The molecule has 0 saturated carbocycles. The molecule has 0 aliphatic rings. The van der Waals surface area contributed by atoms with E-state index in [0.717, 1.165) is 4.90 Å². The molecule has 0 bridgehead atoms. The zero-order valence-electron chi connectivity index (χ0n) is 9.73. The Morgan fingerprint density at radius 2 is 2.12 bits per heavy atom. The van der Waals surface area contributed by atoms with Crippen molar-refractivity contribution in [2.45, 2.75) is 11.3 Å². The van der Waals surface area contributed by atoms with Crippen molar-refractivity contribution in [2.24, 2.45) is 0 Å². The summed E-state index contributed by atoms with van der Waals surface area (Å²) in [6, 6.07) is 3.74. The highest BCUT2D eigenvalue weighted by atomic mass is 35.5. The highest BCUT2D eigenvalue weighted by Gasteiger charge is 2.01. The number of nitrogens with one attached hydrogen (secondary N) is 2. The second kappa shape index (κ2) is 10.7. The quantitative estimate of drug-likeness (QED) is 0.818. The molecule has 1 rings (SSSR count). The summed E-state index contributed by atoms with van der Waals surface area (Å²) >= 11 is 1.63. The van der Waals surface area contributed by atoms with Crippen molar-refractivity contribution < 1.29 is 4.79 Å². The number of pyridine rings is 1. The molecule has 1 aromatic rings. The van der Waals surface area contributed by atoms with Crippen LogP contribution in [0.4, 0.5) is 5.82 Å². The number of hydrogen-bond acceptors (Lipinski definition) is 4. The first kappa shape index (κ1) is 18.9. The van der Waals surface area contributed by atoms with Crippen LogP contribution in [0, 0.1) is 0 Å². The van der Waals surface area contributed by atoms with Crippen molar-refractivity contribution in [3.8, 4) is 0 Å². The predicted molar refractivity (Wildman–Crippen MR) is 77.7 cm³/mol. The number of anilines is 1. The van der Waals surface area contributed by atoms with Gasteiger partial charge in [-0.05, 0) is 25.4 Å². The summed E-state index contributed by atoms with van der Waals surface area (Å²) < 4.78 is 0. The van der Waals surface area contributed by atoms with Crippen LogP contribution in [-0.4, -0.2) is 30.7 Å². The van der Waals surface area contributed by atoms with E-state index in [2.05, 4.69) is 15.6 Å². The summed E-state index contributed by atoms with van der Waals surface area (Å²) in [5.41, 5.74) is 0. The van der Waals surface area contributed by atoms with Gasteiger partial charge < -0.3 is 10.6 Å². The van der Waals surface area contributed by atoms with E-state index in [4.69, 9.17) is 0 Å². The molecule has 0 aliphatic heterocycles. The Bertz CT molecular complexity index is 322. The number of amides is 1. The average Bonchev–Trinajstić information content (AvgIpc) is 2.27. The lowest BCUT2D eigenvalue weighted by Gasteiger charge is -2.04. The molecule has 98 valence electrons. The maximum absolute atomic E-state index is 11.3. The van der Waals surface area contributed by atoms with E-state index in [1.807, 2.05) is 25.4 Å². The van der Waals surface area contributed by atoms with Gasteiger partial charge in [-0.25, -0.2) is 4.98 Å². The minimum Gasteiger partial charge on any atom is -0.319 e. The van der Waals surface area contributed by atoms with E-state index >= 15 is 0 Å². The first-order valence-electron chi connectivity index (χ1n) is 4.70. The second-order valence-corrected chi connectivity index (χ2v) is 3.86. The smallest absolute Gasteiger partial charge is 0.226 e. The van der Waals surface area contributed by atoms with Crippen LogP contribution < -0.4 is 10.6 Å². The zero-order valence-corrected chi connectivity index (χ0v) is 12.2. The number of nitrogens with zero attached hydrogens (tertiary/aromatic N) is 1. The molecule has 4 nitrogen and oxygen atoms in total. The van der Waals surface area contributed by atoms with Crippen LogP contribution in [0.2, 0.25) is 0 Å². The van der Waals surface area contributed by atoms with Gasteiger partial charge in [0, 0.05) is 24.1 Å². The van der Waals surface area contributed by atoms with Crippen molar-refractivity contribution in [3.63, 3.8) is 0 Å². The summed E-state index contributed by atoms with van der Waals surface area (Å²) in [5, 5.41) is 5.65. The predicted octanol–water partition coefficient (Wildman–Crippen LogP) is 2.20. The van der Waals surface area contributed by atoms with Gasteiger partial charge in [0.1, 0.15) is 5.82 Å². The summed E-state index contributed by atoms with van der Waals surface area (Å²) in [7, 11) is 1.82. The third-order valence-electron chi connectivity index (χ3n) is 1.84. The fraction of sp³-hybridized carbons (Fsp3) is 0.400. The number of halogens is 2. The van der Waals surface area contributed by atoms with E-state index in [1.54, 1.807) is 18.0 Å². The van der Waals surface area contributed by atoms with Crippen molar-refractivity contribution in [1.29, 1.82) is 0 Å². The topological polar surface area (TPSA) is 54.0 Å². The van der Waals surface area contributed by atoms with E-state index in [1.165, 1.54) is 0 Å². The molecule has 7 heteroatoms. The van der Waals surface area contributed by atoms with Gasteiger partial charge in [-0.15, -0.1) is 36.6 Å². The summed E-state index contributed by atoms with van der Waals surface area (Å²) in [4.78, 5) is 16.5. The first-order chi connectivity index (χ1) is 7.26. The van der Waals surface area contributed by atoms with Crippen LogP contribution in [0.15, 0.2) is 23.2 Å². The van der Waals surface area contributed by atoms with Gasteiger partial charge in [-0.2, -0.15) is 0 Å². The lowest BCUT2D eigenvalue weighted by Crippen LogP contribution is -2.19. The molecule has 1 heterocycles. The minimum absolute atomic E-state index is 0. The maximum atomic E-state index is 11.3. The Hall–Kier alpha value is -0.490. The Labute approximate surface area is 118 Å². The van der Waals surface area contributed by atoms with Gasteiger partial charge in [-0.1, -0.05) is 0 Å². The number of carbonyl (C=O) groups is 1. The number of carbonyl (C=O) groups excluding carboxylic acids is 1. The van der Waals surface area contributed by atoms with Gasteiger partial charge >= 0.3 is 0 Å². The highest BCUT2D eigenvalue weighted by Crippen LogP contribution is 2.14. The maximum Gasteiger partial charge on any atom is 0.226 e. The van der Waals surface area contributed by atoms with Crippen LogP contribution in [-0.2, 0) is 4.79 Å². The van der Waals surface area contributed by atoms with Crippen molar-refractivity contribution >= 4 is 48.3 Å². The molecule has 1 aromatic heterocycles. The zero-order chi connectivity index (χ0) is 11.1. The van der Waals surface area contributed by atoms with Crippen LogP contribution in [0.1, 0.15) is 6.42 Å². The third-order valence-corrected chi connectivity index (χ3v) is 2.55. The molecule has 0 fully saturated rings.